The Morgan fingerprint density at radius 1 is 1.09 bits per heavy atom. The molecule has 3 aliphatic rings. The lowest BCUT2D eigenvalue weighted by Crippen LogP contribution is -2.35. The van der Waals surface area contributed by atoms with Gasteiger partial charge in [0, 0.05) is 13.1 Å². The minimum Gasteiger partial charge on any atom is -0.493 e. The van der Waals surface area contributed by atoms with Crippen LogP contribution in [-0.2, 0) is 4.79 Å². The standard InChI is InChI=1S/C25H23N5O4S/c1-15-5-8-17(9-6-15)23(32)34-19-10-7-16(14-20(19)33-2)13-18-21(26)30-24(27-22(18)31)35-25(28-30)29-11-3-4-12-29/h5-10,13-14,26H,3-4,11-12H2,1-2H3/b18-13-,26-21?. The Morgan fingerprint density at radius 3 is 2.54 bits per heavy atom. The molecular formula is C25H23N5O4S. The van der Waals surface area contributed by atoms with E-state index in [-0.39, 0.29) is 17.2 Å². The Labute approximate surface area is 206 Å². The van der Waals surface area contributed by atoms with Crippen molar-refractivity contribution in [2.24, 2.45) is 10.1 Å². The van der Waals surface area contributed by atoms with Crippen LogP contribution in [0.5, 0.6) is 11.5 Å². The third-order valence-electron chi connectivity index (χ3n) is 5.81. The van der Waals surface area contributed by atoms with Crippen LogP contribution in [-0.4, -0.2) is 58.2 Å². The van der Waals surface area contributed by atoms with Crippen LogP contribution in [0, 0.1) is 12.3 Å². The molecule has 0 spiro atoms. The normalized spacial score (nSPS) is 18.5. The van der Waals surface area contributed by atoms with Gasteiger partial charge in [0.15, 0.2) is 22.5 Å². The zero-order valence-electron chi connectivity index (χ0n) is 19.3. The monoisotopic (exact) mass is 489 g/mol. The number of nitrogens with zero attached hydrogens (tertiary/aromatic N) is 4. The molecule has 1 amide bonds. The Kier molecular flexibility index (Phi) is 6.12. The van der Waals surface area contributed by atoms with Crippen LogP contribution >= 0.6 is 11.8 Å². The van der Waals surface area contributed by atoms with E-state index in [0.717, 1.165) is 36.7 Å². The van der Waals surface area contributed by atoms with Crippen molar-refractivity contribution in [2.45, 2.75) is 19.8 Å². The van der Waals surface area contributed by atoms with E-state index >= 15 is 0 Å². The number of amides is 1. The van der Waals surface area contributed by atoms with Crippen molar-refractivity contribution >= 4 is 45.9 Å². The summed E-state index contributed by atoms with van der Waals surface area (Å²) in [7, 11) is 1.47. The number of aliphatic imine (C=N–C) groups is 1. The van der Waals surface area contributed by atoms with Crippen molar-refractivity contribution in [2.75, 3.05) is 20.2 Å². The average molecular weight is 490 g/mol. The fraction of sp³-hybridized carbons (Fsp3) is 0.240. The van der Waals surface area contributed by atoms with Crippen LogP contribution in [0.25, 0.3) is 6.08 Å². The first kappa shape index (κ1) is 22.9. The van der Waals surface area contributed by atoms with Crippen LogP contribution in [0.2, 0.25) is 0 Å². The largest absolute Gasteiger partial charge is 0.493 e. The summed E-state index contributed by atoms with van der Waals surface area (Å²) in [6, 6.07) is 12.0. The van der Waals surface area contributed by atoms with E-state index in [9.17, 15) is 9.59 Å². The second kappa shape index (κ2) is 9.38. The summed E-state index contributed by atoms with van der Waals surface area (Å²) in [6.45, 7) is 3.77. The minimum atomic E-state index is -0.501. The second-order valence-corrected chi connectivity index (χ2v) is 9.20. The zero-order valence-corrected chi connectivity index (χ0v) is 20.1. The van der Waals surface area contributed by atoms with Gasteiger partial charge in [0.05, 0.1) is 18.2 Å². The first-order valence-electron chi connectivity index (χ1n) is 11.1. The minimum absolute atomic E-state index is 0.0319. The van der Waals surface area contributed by atoms with E-state index in [0.29, 0.717) is 22.0 Å². The highest BCUT2D eigenvalue weighted by Crippen LogP contribution is 2.33. The lowest BCUT2D eigenvalue weighted by atomic mass is 10.1. The van der Waals surface area contributed by atoms with Gasteiger partial charge >= 0.3 is 5.97 Å². The molecule has 3 heterocycles. The van der Waals surface area contributed by atoms with Crippen LogP contribution < -0.4 is 9.47 Å². The number of carbonyl (C=O) groups is 2. The third-order valence-corrected chi connectivity index (χ3v) is 6.78. The number of ether oxygens (including phenoxy) is 2. The first-order valence-corrected chi connectivity index (χ1v) is 12.0. The van der Waals surface area contributed by atoms with Crippen molar-refractivity contribution in [3.63, 3.8) is 0 Å². The summed E-state index contributed by atoms with van der Waals surface area (Å²) >= 11 is 1.31. The van der Waals surface area contributed by atoms with Gasteiger partial charge in [0.1, 0.15) is 0 Å². The summed E-state index contributed by atoms with van der Waals surface area (Å²) in [5.74, 6) is -0.457. The number of thioether (sulfide) groups is 1. The topological polar surface area (TPSA) is 108 Å². The first-order chi connectivity index (χ1) is 16.9. The number of methoxy groups -OCH3 is 1. The summed E-state index contributed by atoms with van der Waals surface area (Å²) in [4.78, 5) is 31.5. The zero-order chi connectivity index (χ0) is 24.5. The average Bonchev–Trinajstić information content (AvgIpc) is 3.53. The summed E-state index contributed by atoms with van der Waals surface area (Å²) < 4.78 is 10.9. The van der Waals surface area contributed by atoms with E-state index < -0.39 is 11.9 Å². The van der Waals surface area contributed by atoms with Crippen LogP contribution in [0.3, 0.4) is 0 Å². The van der Waals surface area contributed by atoms with E-state index in [4.69, 9.17) is 14.9 Å². The van der Waals surface area contributed by atoms with Crippen molar-refractivity contribution in [3.8, 4) is 11.5 Å². The molecule has 0 saturated carbocycles. The number of aryl methyl sites for hydroxylation is 1. The van der Waals surface area contributed by atoms with Gasteiger partial charge in [-0.2, -0.15) is 10.0 Å². The van der Waals surface area contributed by atoms with Crippen LogP contribution in [0.4, 0.5) is 0 Å². The number of rotatable bonds is 4. The van der Waals surface area contributed by atoms with Crippen molar-refractivity contribution in [3.05, 3.63) is 64.7 Å². The van der Waals surface area contributed by atoms with E-state index in [1.165, 1.54) is 23.9 Å². The van der Waals surface area contributed by atoms with Gasteiger partial charge in [0.2, 0.25) is 5.17 Å². The number of esters is 1. The van der Waals surface area contributed by atoms with E-state index in [2.05, 4.69) is 15.0 Å². The number of hydrogen-bond acceptors (Lipinski definition) is 8. The molecule has 35 heavy (non-hydrogen) atoms. The summed E-state index contributed by atoms with van der Waals surface area (Å²) in [5.41, 5.74) is 2.18. The summed E-state index contributed by atoms with van der Waals surface area (Å²) in [5, 5.41) is 15.7. The van der Waals surface area contributed by atoms with Gasteiger partial charge in [-0.05, 0) is 67.4 Å². The molecule has 1 N–H and O–H groups in total. The molecule has 0 unspecified atom stereocenters. The number of nitrogens with one attached hydrogen (secondary N) is 1. The quantitative estimate of drug-likeness (QED) is 0.394. The number of likely N-dealkylation sites (tertiary alicyclic amines) is 1. The molecule has 0 radical (unpaired) electrons. The molecule has 0 atom stereocenters. The number of benzene rings is 2. The van der Waals surface area contributed by atoms with Crippen molar-refractivity contribution in [1.29, 1.82) is 5.41 Å². The Bertz CT molecular complexity index is 1310. The van der Waals surface area contributed by atoms with Gasteiger partial charge in [-0.1, -0.05) is 23.8 Å². The predicted octanol–water partition coefficient (Wildman–Crippen LogP) is 3.90. The molecule has 0 aliphatic carbocycles. The molecule has 5 rings (SSSR count). The van der Waals surface area contributed by atoms with E-state index in [1.807, 2.05) is 19.1 Å². The molecule has 1 saturated heterocycles. The van der Waals surface area contributed by atoms with Gasteiger partial charge in [0.25, 0.3) is 5.91 Å². The van der Waals surface area contributed by atoms with Gasteiger partial charge in [-0.15, -0.1) is 5.10 Å². The summed E-state index contributed by atoms with van der Waals surface area (Å²) in [6.07, 6.45) is 3.77. The third kappa shape index (κ3) is 4.57. The molecule has 10 heteroatoms. The predicted molar refractivity (Wildman–Crippen MR) is 135 cm³/mol. The number of amidine groups is 3. The Balaban J connectivity index is 1.37. The number of carbonyl (C=O) groups excluding carboxylic acids is 2. The lowest BCUT2D eigenvalue weighted by Gasteiger charge is -2.20. The molecule has 2 aromatic carbocycles. The fourth-order valence-corrected chi connectivity index (χ4v) is 4.84. The Hall–Kier alpha value is -3.92. The molecule has 3 aliphatic heterocycles. The maximum atomic E-state index is 12.7. The maximum Gasteiger partial charge on any atom is 0.343 e. The van der Waals surface area contributed by atoms with Crippen LogP contribution in [0.15, 0.2) is 58.1 Å². The number of hydrogen-bond donors (Lipinski definition) is 1. The van der Waals surface area contributed by atoms with E-state index in [1.54, 1.807) is 36.4 Å². The highest BCUT2D eigenvalue weighted by Gasteiger charge is 2.37. The highest BCUT2D eigenvalue weighted by molar-refractivity contribution is 8.26. The SMILES string of the molecule is COc1cc(/C=C2/C(=N)N3N=C(N4CCCC4)SC3=NC2=O)ccc1OC(=O)c1ccc(C)cc1. The number of hydrazone groups is 1. The molecule has 1 fully saturated rings. The second-order valence-electron chi connectivity index (χ2n) is 8.26. The Morgan fingerprint density at radius 2 is 1.83 bits per heavy atom. The van der Waals surface area contributed by atoms with Gasteiger partial charge in [-0.25, -0.2) is 4.79 Å². The molecule has 178 valence electrons. The maximum absolute atomic E-state index is 12.7. The van der Waals surface area contributed by atoms with Crippen LogP contribution in [0.1, 0.15) is 34.3 Å². The molecular weight excluding hydrogens is 466 g/mol. The molecule has 9 nitrogen and oxygen atoms in total. The molecule has 0 aromatic heterocycles. The van der Waals surface area contributed by atoms with Crippen molar-refractivity contribution in [1.82, 2.24) is 9.91 Å². The molecule has 2 aromatic rings. The van der Waals surface area contributed by atoms with Crippen molar-refractivity contribution < 1.29 is 19.1 Å². The van der Waals surface area contributed by atoms with Gasteiger partial charge < -0.3 is 14.4 Å². The fourth-order valence-electron chi connectivity index (χ4n) is 3.89. The lowest BCUT2D eigenvalue weighted by molar-refractivity contribution is -0.114. The smallest absolute Gasteiger partial charge is 0.343 e. The van der Waals surface area contributed by atoms with Gasteiger partial charge in [-0.3, -0.25) is 10.2 Å². The number of fused-ring (bicyclic) bond motifs is 1. The highest BCUT2D eigenvalue weighted by atomic mass is 32.2. The molecule has 0 bridgehead atoms.